The van der Waals surface area contributed by atoms with E-state index in [-0.39, 0.29) is 11.9 Å². The van der Waals surface area contributed by atoms with Gasteiger partial charge in [0, 0.05) is 25.2 Å². The minimum absolute atomic E-state index is 0.00956. The molecular weight excluding hydrogens is 374 g/mol. The van der Waals surface area contributed by atoms with Gasteiger partial charge in [0.05, 0.1) is 31.2 Å². The number of benzene rings is 1. The first-order valence-electron chi connectivity index (χ1n) is 9.38. The summed E-state index contributed by atoms with van der Waals surface area (Å²) in [6.07, 6.45) is 1.67. The molecule has 1 aliphatic heterocycles. The number of ether oxygens (including phenoxy) is 1. The second-order valence-electron chi connectivity index (χ2n) is 6.69. The van der Waals surface area contributed by atoms with Crippen LogP contribution in [0.2, 0.25) is 0 Å². The maximum atomic E-state index is 12.9. The van der Waals surface area contributed by atoms with Gasteiger partial charge in [-0.25, -0.2) is 4.98 Å². The zero-order valence-electron chi connectivity index (χ0n) is 15.8. The summed E-state index contributed by atoms with van der Waals surface area (Å²) in [6.45, 7) is 5.38. The Morgan fingerprint density at radius 2 is 2.00 bits per heavy atom. The van der Waals surface area contributed by atoms with Crippen molar-refractivity contribution < 1.29 is 13.9 Å². The molecule has 0 radical (unpaired) electrons. The SMILES string of the molecule is Cc1nc(-c2ccccc2)sc1C(=O)NCC(c1ccco1)N1CCOCC1. The van der Waals surface area contributed by atoms with E-state index in [9.17, 15) is 4.79 Å². The highest BCUT2D eigenvalue weighted by Crippen LogP contribution is 2.28. The van der Waals surface area contributed by atoms with Gasteiger partial charge in [-0.2, -0.15) is 0 Å². The standard InChI is InChI=1S/C21H23N3O3S/c1-15-19(28-21(23-15)16-6-3-2-4-7-16)20(25)22-14-17(18-8-5-11-27-18)24-9-12-26-13-10-24/h2-8,11,17H,9-10,12-14H2,1H3,(H,22,25). The number of aryl methyl sites for hydroxylation is 1. The minimum atomic E-state index is -0.0954. The van der Waals surface area contributed by atoms with Gasteiger partial charge in [-0.1, -0.05) is 30.3 Å². The van der Waals surface area contributed by atoms with Crippen LogP contribution in [0.4, 0.5) is 0 Å². The normalized spacial score (nSPS) is 16.0. The number of hydrogen-bond acceptors (Lipinski definition) is 6. The lowest BCUT2D eigenvalue weighted by molar-refractivity contribution is 0.0118. The lowest BCUT2D eigenvalue weighted by Gasteiger charge is -2.33. The number of rotatable bonds is 6. The number of nitrogens with one attached hydrogen (secondary N) is 1. The second-order valence-corrected chi connectivity index (χ2v) is 7.69. The van der Waals surface area contributed by atoms with Crippen molar-refractivity contribution in [3.8, 4) is 10.6 Å². The fraction of sp³-hybridized carbons (Fsp3) is 0.333. The van der Waals surface area contributed by atoms with Crippen LogP contribution in [0, 0.1) is 6.92 Å². The number of carbonyl (C=O) groups is 1. The summed E-state index contributed by atoms with van der Waals surface area (Å²) in [7, 11) is 0. The molecule has 1 amide bonds. The van der Waals surface area contributed by atoms with Crippen molar-refractivity contribution in [2.24, 2.45) is 0 Å². The molecule has 1 aromatic carbocycles. The van der Waals surface area contributed by atoms with E-state index < -0.39 is 0 Å². The Hall–Kier alpha value is -2.48. The molecule has 0 spiro atoms. The van der Waals surface area contributed by atoms with Crippen LogP contribution in [0.25, 0.3) is 10.6 Å². The maximum Gasteiger partial charge on any atom is 0.263 e. The molecule has 6 nitrogen and oxygen atoms in total. The van der Waals surface area contributed by atoms with Crippen LogP contribution in [0.1, 0.15) is 27.2 Å². The Morgan fingerprint density at radius 1 is 1.21 bits per heavy atom. The van der Waals surface area contributed by atoms with E-state index in [2.05, 4.69) is 15.2 Å². The molecule has 1 saturated heterocycles. The predicted molar refractivity (Wildman–Crippen MR) is 108 cm³/mol. The van der Waals surface area contributed by atoms with Crippen molar-refractivity contribution in [2.75, 3.05) is 32.8 Å². The van der Waals surface area contributed by atoms with E-state index in [0.717, 1.165) is 35.1 Å². The highest BCUT2D eigenvalue weighted by atomic mass is 32.1. The number of thiazole rings is 1. The van der Waals surface area contributed by atoms with E-state index in [4.69, 9.17) is 9.15 Å². The maximum absolute atomic E-state index is 12.9. The fourth-order valence-corrected chi connectivity index (χ4v) is 4.35. The first-order valence-corrected chi connectivity index (χ1v) is 10.2. The Bertz CT molecular complexity index is 902. The summed E-state index contributed by atoms with van der Waals surface area (Å²) >= 11 is 1.43. The molecule has 1 atom stereocenters. The monoisotopic (exact) mass is 397 g/mol. The third-order valence-corrected chi connectivity index (χ3v) is 6.04. The van der Waals surface area contributed by atoms with Crippen LogP contribution in [0.15, 0.2) is 53.1 Å². The number of aromatic nitrogens is 1. The first kappa shape index (κ1) is 18.9. The van der Waals surface area contributed by atoms with Gasteiger partial charge in [0.2, 0.25) is 0 Å². The van der Waals surface area contributed by atoms with E-state index in [1.54, 1.807) is 6.26 Å². The lowest BCUT2D eigenvalue weighted by atomic mass is 10.1. The van der Waals surface area contributed by atoms with E-state index in [0.29, 0.717) is 24.6 Å². The van der Waals surface area contributed by atoms with Crippen LogP contribution >= 0.6 is 11.3 Å². The number of hydrogen-bond donors (Lipinski definition) is 1. The first-order chi connectivity index (χ1) is 13.7. The molecule has 1 aliphatic rings. The highest BCUT2D eigenvalue weighted by molar-refractivity contribution is 7.17. The summed E-state index contributed by atoms with van der Waals surface area (Å²) in [5, 5.41) is 3.94. The largest absolute Gasteiger partial charge is 0.468 e. The van der Waals surface area contributed by atoms with Crippen molar-refractivity contribution >= 4 is 17.2 Å². The molecule has 146 valence electrons. The zero-order chi connectivity index (χ0) is 19.3. The molecule has 2 aromatic heterocycles. The summed E-state index contributed by atoms with van der Waals surface area (Å²) in [5.41, 5.74) is 1.78. The molecule has 0 aliphatic carbocycles. The van der Waals surface area contributed by atoms with Crippen LogP contribution in [0.3, 0.4) is 0 Å². The molecule has 28 heavy (non-hydrogen) atoms. The summed E-state index contributed by atoms with van der Waals surface area (Å²) in [5.74, 6) is 0.759. The number of furan rings is 1. The quantitative estimate of drug-likeness (QED) is 0.689. The number of amides is 1. The van der Waals surface area contributed by atoms with E-state index in [1.807, 2.05) is 49.4 Å². The molecule has 3 heterocycles. The summed E-state index contributed by atoms with van der Waals surface area (Å²) < 4.78 is 11.1. The highest BCUT2D eigenvalue weighted by Gasteiger charge is 2.26. The van der Waals surface area contributed by atoms with Crippen LogP contribution < -0.4 is 5.32 Å². The molecule has 1 fully saturated rings. The Morgan fingerprint density at radius 3 is 2.71 bits per heavy atom. The van der Waals surface area contributed by atoms with Crippen molar-refractivity contribution in [1.29, 1.82) is 0 Å². The lowest BCUT2D eigenvalue weighted by Crippen LogP contribution is -2.43. The second kappa shape index (κ2) is 8.68. The van der Waals surface area contributed by atoms with Gasteiger partial charge in [-0.05, 0) is 19.1 Å². The van der Waals surface area contributed by atoms with Crippen molar-refractivity contribution in [1.82, 2.24) is 15.2 Å². The molecule has 1 N–H and O–H groups in total. The number of morpholine rings is 1. The zero-order valence-corrected chi connectivity index (χ0v) is 16.6. The minimum Gasteiger partial charge on any atom is -0.468 e. The van der Waals surface area contributed by atoms with Crippen molar-refractivity contribution in [3.05, 3.63) is 65.1 Å². The van der Waals surface area contributed by atoms with Crippen LogP contribution in [-0.2, 0) is 4.74 Å². The fourth-order valence-electron chi connectivity index (χ4n) is 3.36. The number of carbonyl (C=O) groups excluding carboxylic acids is 1. The molecule has 1 unspecified atom stereocenters. The van der Waals surface area contributed by atoms with E-state index >= 15 is 0 Å². The van der Waals surface area contributed by atoms with Gasteiger partial charge >= 0.3 is 0 Å². The van der Waals surface area contributed by atoms with Gasteiger partial charge < -0.3 is 14.5 Å². The van der Waals surface area contributed by atoms with Crippen LogP contribution in [0.5, 0.6) is 0 Å². The van der Waals surface area contributed by atoms with Crippen molar-refractivity contribution in [3.63, 3.8) is 0 Å². The Labute approximate surface area is 168 Å². The third kappa shape index (κ3) is 4.16. The summed E-state index contributed by atoms with van der Waals surface area (Å²) in [6, 6.07) is 13.8. The molecule has 3 aromatic rings. The van der Waals surface area contributed by atoms with Gasteiger partial charge in [-0.15, -0.1) is 11.3 Å². The van der Waals surface area contributed by atoms with Gasteiger partial charge in [-0.3, -0.25) is 9.69 Å². The predicted octanol–water partition coefficient (Wildman–Crippen LogP) is 3.51. The Balaban J connectivity index is 1.47. The smallest absolute Gasteiger partial charge is 0.263 e. The van der Waals surface area contributed by atoms with Gasteiger partial charge in [0.15, 0.2) is 0 Å². The average molecular weight is 398 g/mol. The molecule has 4 rings (SSSR count). The topological polar surface area (TPSA) is 67.6 Å². The van der Waals surface area contributed by atoms with E-state index in [1.165, 1.54) is 11.3 Å². The molecular formula is C21H23N3O3S. The van der Waals surface area contributed by atoms with Gasteiger partial charge in [0.25, 0.3) is 5.91 Å². The molecule has 0 saturated carbocycles. The summed E-state index contributed by atoms with van der Waals surface area (Å²) in [4.78, 5) is 20.4. The Kier molecular flexibility index (Phi) is 5.85. The number of nitrogens with zero attached hydrogens (tertiary/aromatic N) is 2. The molecule has 7 heteroatoms. The average Bonchev–Trinajstić information content (AvgIpc) is 3.40. The van der Waals surface area contributed by atoms with Crippen molar-refractivity contribution in [2.45, 2.75) is 13.0 Å². The molecule has 0 bridgehead atoms. The third-order valence-electron chi connectivity index (χ3n) is 4.84. The van der Waals surface area contributed by atoms with Gasteiger partial charge in [0.1, 0.15) is 15.6 Å². The van der Waals surface area contributed by atoms with Crippen LogP contribution in [-0.4, -0.2) is 48.6 Å².